The summed E-state index contributed by atoms with van der Waals surface area (Å²) in [6.07, 6.45) is 4.76. The van der Waals surface area contributed by atoms with Crippen molar-refractivity contribution in [3.05, 3.63) is 24.5 Å². The molecule has 0 aromatic carbocycles. The highest BCUT2D eigenvalue weighted by atomic mass is 32.2. The van der Waals surface area contributed by atoms with Gasteiger partial charge in [-0.05, 0) is 18.6 Å². The summed E-state index contributed by atoms with van der Waals surface area (Å²) in [5.74, 6) is 2.11. The second kappa shape index (κ2) is 3.66. The summed E-state index contributed by atoms with van der Waals surface area (Å²) in [7, 11) is 0. The normalized spacial score (nSPS) is 14.9. The molecule has 0 aliphatic carbocycles. The Morgan fingerprint density at radius 3 is 2.93 bits per heavy atom. The zero-order valence-electron chi connectivity index (χ0n) is 8.13. The van der Waals surface area contributed by atoms with Crippen molar-refractivity contribution in [3.8, 4) is 11.4 Å². The second-order valence-corrected chi connectivity index (χ2v) is 4.46. The quantitative estimate of drug-likeness (QED) is 0.732. The van der Waals surface area contributed by atoms with Crippen molar-refractivity contribution >= 4 is 11.8 Å². The lowest BCUT2D eigenvalue weighted by molar-refractivity contribution is 0.612. The Morgan fingerprint density at radius 1 is 1.20 bits per heavy atom. The molecule has 2 aromatic rings. The largest absolute Gasteiger partial charge is 0.302 e. The Balaban J connectivity index is 2.09. The van der Waals surface area contributed by atoms with Crippen LogP contribution < -0.4 is 0 Å². The molecule has 3 rings (SSSR count). The Labute approximate surface area is 91.7 Å². The van der Waals surface area contributed by atoms with E-state index in [9.17, 15) is 0 Å². The number of thioether (sulfide) groups is 1. The summed E-state index contributed by atoms with van der Waals surface area (Å²) >= 11 is 1.78. The van der Waals surface area contributed by atoms with Crippen LogP contribution in [0.5, 0.6) is 0 Å². The lowest BCUT2D eigenvalue weighted by Gasteiger charge is -2.13. The van der Waals surface area contributed by atoms with Gasteiger partial charge in [0.25, 0.3) is 0 Å². The fourth-order valence-electron chi connectivity index (χ4n) is 1.70. The van der Waals surface area contributed by atoms with Crippen LogP contribution in [0.1, 0.15) is 6.42 Å². The average molecular weight is 218 g/mol. The van der Waals surface area contributed by atoms with Crippen LogP contribution in [0.3, 0.4) is 0 Å². The molecule has 0 amide bonds. The highest BCUT2D eigenvalue weighted by Gasteiger charge is 2.16. The van der Waals surface area contributed by atoms with Gasteiger partial charge in [0.05, 0.1) is 0 Å². The number of rotatable bonds is 1. The molecule has 0 atom stereocenters. The third-order valence-corrected chi connectivity index (χ3v) is 3.47. The van der Waals surface area contributed by atoms with Crippen LogP contribution in [0, 0.1) is 0 Å². The van der Waals surface area contributed by atoms with Gasteiger partial charge >= 0.3 is 0 Å². The molecule has 0 bridgehead atoms. The van der Waals surface area contributed by atoms with Gasteiger partial charge in [0.15, 0.2) is 11.0 Å². The van der Waals surface area contributed by atoms with Gasteiger partial charge in [-0.1, -0.05) is 11.8 Å². The second-order valence-electron chi connectivity index (χ2n) is 3.40. The van der Waals surface area contributed by atoms with E-state index in [2.05, 4.69) is 19.7 Å². The molecular weight excluding hydrogens is 208 g/mol. The van der Waals surface area contributed by atoms with E-state index in [0.29, 0.717) is 0 Å². The van der Waals surface area contributed by atoms with Gasteiger partial charge in [0.1, 0.15) is 0 Å². The van der Waals surface area contributed by atoms with Crippen molar-refractivity contribution in [2.45, 2.75) is 18.1 Å². The van der Waals surface area contributed by atoms with E-state index < -0.39 is 0 Å². The molecule has 4 nitrogen and oxygen atoms in total. The molecule has 3 heterocycles. The average Bonchev–Trinajstić information content (AvgIpc) is 2.74. The van der Waals surface area contributed by atoms with E-state index in [1.54, 1.807) is 24.2 Å². The summed E-state index contributed by atoms with van der Waals surface area (Å²) in [4.78, 5) is 4.00. The highest BCUT2D eigenvalue weighted by Crippen LogP contribution is 2.27. The Bertz CT molecular complexity index is 466. The van der Waals surface area contributed by atoms with Crippen molar-refractivity contribution in [1.82, 2.24) is 19.7 Å². The van der Waals surface area contributed by atoms with E-state index in [-0.39, 0.29) is 0 Å². The fraction of sp³-hybridized carbons (Fsp3) is 0.300. The van der Waals surface area contributed by atoms with E-state index in [1.165, 1.54) is 6.42 Å². The maximum atomic E-state index is 4.23. The van der Waals surface area contributed by atoms with Crippen molar-refractivity contribution in [2.75, 3.05) is 5.75 Å². The van der Waals surface area contributed by atoms with Crippen LogP contribution in [-0.4, -0.2) is 25.5 Å². The highest BCUT2D eigenvalue weighted by molar-refractivity contribution is 7.99. The molecule has 0 radical (unpaired) electrons. The minimum Gasteiger partial charge on any atom is -0.302 e. The van der Waals surface area contributed by atoms with Gasteiger partial charge in [0, 0.05) is 30.3 Å². The van der Waals surface area contributed by atoms with E-state index in [1.807, 2.05) is 12.1 Å². The van der Waals surface area contributed by atoms with Crippen molar-refractivity contribution in [2.24, 2.45) is 0 Å². The molecule has 0 spiro atoms. The number of nitrogens with zero attached hydrogens (tertiary/aromatic N) is 4. The van der Waals surface area contributed by atoms with Crippen LogP contribution in [0.2, 0.25) is 0 Å². The molecule has 0 unspecified atom stereocenters. The first-order valence-corrected chi connectivity index (χ1v) is 5.90. The number of pyridine rings is 1. The van der Waals surface area contributed by atoms with Gasteiger partial charge in [-0.2, -0.15) is 0 Å². The molecule has 0 fully saturated rings. The first-order chi connectivity index (χ1) is 7.45. The maximum Gasteiger partial charge on any atom is 0.191 e. The zero-order valence-corrected chi connectivity index (χ0v) is 8.94. The smallest absolute Gasteiger partial charge is 0.191 e. The number of hydrogen-bond acceptors (Lipinski definition) is 4. The topological polar surface area (TPSA) is 43.6 Å². The van der Waals surface area contributed by atoms with Crippen LogP contribution in [0.25, 0.3) is 11.4 Å². The van der Waals surface area contributed by atoms with Gasteiger partial charge < -0.3 is 4.57 Å². The first kappa shape index (κ1) is 8.91. The van der Waals surface area contributed by atoms with Crippen molar-refractivity contribution < 1.29 is 0 Å². The molecule has 15 heavy (non-hydrogen) atoms. The third-order valence-electron chi connectivity index (χ3n) is 2.41. The molecule has 1 aliphatic heterocycles. The summed E-state index contributed by atoms with van der Waals surface area (Å²) in [6.45, 7) is 1.02. The van der Waals surface area contributed by atoms with Crippen molar-refractivity contribution in [1.29, 1.82) is 0 Å². The maximum absolute atomic E-state index is 4.23. The zero-order chi connectivity index (χ0) is 10.1. The molecule has 2 aromatic heterocycles. The predicted molar refractivity (Wildman–Crippen MR) is 58.6 cm³/mol. The predicted octanol–water partition coefficient (Wildman–Crippen LogP) is 1.84. The molecule has 5 heteroatoms. The van der Waals surface area contributed by atoms with Gasteiger partial charge in [-0.15, -0.1) is 10.2 Å². The van der Waals surface area contributed by atoms with Gasteiger partial charge in [-0.25, -0.2) is 0 Å². The molecule has 0 saturated carbocycles. The third kappa shape index (κ3) is 1.52. The lowest BCUT2D eigenvalue weighted by atomic mass is 10.2. The van der Waals surface area contributed by atoms with Crippen LogP contribution in [-0.2, 0) is 6.54 Å². The summed E-state index contributed by atoms with van der Waals surface area (Å²) < 4.78 is 2.18. The SMILES string of the molecule is c1cc(-c2nnc3n2CCCS3)ccn1. The van der Waals surface area contributed by atoms with Crippen LogP contribution in [0.15, 0.2) is 29.7 Å². The fourth-order valence-corrected chi connectivity index (χ4v) is 2.59. The Morgan fingerprint density at radius 2 is 2.07 bits per heavy atom. The van der Waals surface area contributed by atoms with Gasteiger partial charge in [-0.3, -0.25) is 4.98 Å². The number of aromatic nitrogens is 4. The van der Waals surface area contributed by atoms with Crippen molar-refractivity contribution in [3.63, 3.8) is 0 Å². The molecule has 0 N–H and O–H groups in total. The number of hydrogen-bond donors (Lipinski definition) is 0. The van der Waals surface area contributed by atoms with Crippen LogP contribution in [0.4, 0.5) is 0 Å². The van der Waals surface area contributed by atoms with Crippen LogP contribution >= 0.6 is 11.8 Å². The monoisotopic (exact) mass is 218 g/mol. The molecule has 1 aliphatic rings. The van der Waals surface area contributed by atoms with Gasteiger partial charge in [0.2, 0.25) is 0 Å². The summed E-state index contributed by atoms with van der Waals surface area (Å²) in [5, 5.41) is 9.46. The van der Waals surface area contributed by atoms with E-state index in [4.69, 9.17) is 0 Å². The van der Waals surface area contributed by atoms with E-state index >= 15 is 0 Å². The summed E-state index contributed by atoms with van der Waals surface area (Å²) in [6, 6.07) is 3.94. The molecule has 0 saturated heterocycles. The molecular formula is C10H10N4S. The Hall–Kier alpha value is -1.36. The summed E-state index contributed by atoms with van der Waals surface area (Å²) in [5.41, 5.74) is 1.09. The first-order valence-electron chi connectivity index (χ1n) is 4.91. The minimum atomic E-state index is 0.958. The standard InChI is InChI=1S/C10H10N4S/c1-6-14-9(8-2-4-11-5-3-8)12-13-10(14)15-7-1/h2-5H,1,6-7H2. The lowest BCUT2D eigenvalue weighted by Crippen LogP contribution is -2.08. The number of fused-ring (bicyclic) bond motifs is 1. The van der Waals surface area contributed by atoms with E-state index in [0.717, 1.165) is 28.8 Å². The Kier molecular flexibility index (Phi) is 2.17. The molecule has 76 valence electrons. The minimum absolute atomic E-state index is 0.958.